The van der Waals surface area contributed by atoms with Crippen LogP contribution in [0.1, 0.15) is 44.2 Å². The molecule has 18 heavy (non-hydrogen) atoms. The molecule has 4 heteroatoms. The fraction of sp³-hybridized carbons (Fsp3) is 0.643. The number of rotatable bonds is 2. The van der Waals surface area contributed by atoms with Crippen LogP contribution in [0.15, 0.2) is 18.3 Å². The number of aromatic nitrogens is 1. The normalized spacial score (nSPS) is 32.6. The van der Waals surface area contributed by atoms with Crippen molar-refractivity contribution in [3.63, 3.8) is 0 Å². The SMILES string of the molecule is CC(N)c1cccnc1N1C2CCC1CC(O)C2. The minimum atomic E-state index is -0.138. The molecular weight excluding hydrogens is 226 g/mol. The Morgan fingerprint density at radius 1 is 1.39 bits per heavy atom. The summed E-state index contributed by atoms with van der Waals surface area (Å²) in [5, 5.41) is 9.86. The summed E-state index contributed by atoms with van der Waals surface area (Å²) in [5.41, 5.74) is 7.16. The molecule has 0 amide bonds. The summed E-state index contributed by atoms with van der Waals surface area (Å²) in [6.07, 6.45) is 5.76. The molecule has 3 rings (SSSR count). The first-order valence-corrected chi connectivity index (χ1v) is 6.83. The molecule has 1 aromatic rings. The number of aliphatic hydroxyl groups excluding tert-OH is 1. The Kier molecular flexibility index (Phi) is 2.99. The fourth-order valence-electron chi connectivity index (χ4n) is 3.47. The molecule has 0 aliphatic carbocycles. The highest BCUT2D eigenvalue weighted by atomic mass is 16.3. The van der Waals surface area contributed by atoms with Crippen LogP contribution in [0.4, 0.5) is 5.82 Å². The molecule has 2 bridgehead atoms. The van der Waals surface area contributed by atoms with Crippen LogP contribution in [0.5, 0.6) is 0 Å². The third-order valence-corrected chi connectivity index (χ3v) is 4.26. The lowest BCUT2D eigenvalue weighted by atomic mass is 9.98. The molecule has 0 radical (unpaired) electrons. The van der Waals surface area contributed by atoms with Crippen molar-refractivity contribution in [2.24, 2.45) is 5.73 Å². The van der Waals surface area contributed by atoms with Crippen molar-refractivity contribution < 1.29 is 5.11 Å². The molecule has 1 aromatic heterocycles. The number of nitrogens with zero attached hydrogens (tertiary/aromatic N) is 2. The van der Waals surface area contributed by atoms with Crippen molar-refractivity contribution in [3.05, 3.63) is 23.9 Å². The number of piperidine rings is 1. The van der Waals surface area contributed by atoms with Crippen LogP contribution in [0.2, 0.25) is 0 Å². The van der Waals surface area contributed by atoms with Crippen molar-refractivity contribution in [1.29, 1.82) is 0 Å². The van der Waals surface area contributed by atoms with Gasteiger partial charge >= 0.3 is 0 Å². The molecule has 0 saturated carbocycles. The zero-order chi connectivity index (χ0) is 12.7. The maximum absolute atomic E-state index is 9.86. The minimum Gasteiger partial charge on any atom is -0.393 e. The van der Waals surface area contributed by atoms with Crippen molar-refractivity contribution in [2.75, 3.05) is 4.90 Å². The maximum Gasteiger partial charge on any atom is 0.133 e. The van der Waals surface area contributed by atoms with Crippen molar-refractivity contribution >= 4 is 5.82 Å². The molecule has 3 N–H and O–H groups in total. The second-order valence-corrected chi connectivity index (χ2v) is 5.62. The molecular formula is C14H21N3O. The average molecular weight is 247 g/mol. The molecule has 2 saturated heterocycles. The predicted molar refractivity (Wildman–Crippen MR) is 71.4 cm³/mol. The Morgan fingerprint density at radius 3 is 2.67 bits per heavy atom. The van der Waals surface area contributed by atoms with E-state index in [0.717, 1.165) is 37.1 Å². The lowest BCUT2D eigenvalue weighted by molar-refractivity contribution is 0.126. The van der Waals surface area contributed by atoms with Crippen LogP contribution in [0.3, 0.4) is 0 Å². The van der Waals surface area contributed by atoms with Crippen LogP contribution < -0.4 is 10.6 Å². The first-order valence-electron chi connectivity index (χ1n) is 6.83. The van der Waals surface area contributed by atoms with E-state index < -0.39 is 0 Å². The molecule has 2 aliphatic heterocycles. The minimum absolute atomic E-state index is 0.0000463. The second-order valence-electron chi connectivity index (χ2n) is 5.62. The van der Waals surface area contributed by atoms with Gasteiger partial charge in [0.1, 0.15) is 5.82 Å². The smallest absolute Gasteiger partial charge is 0.133 e. The van der Waals surface area contributed by atoms with Crippen LogP contribution >= 0.6 is 0 Å². The topological polar surface area (TPSA) is 62.4 Å². The van der Waals surface area contributed by atoms with Gasteiger partial charge in [0, 0.05) is 29.9 Å². The van der Waals surface area contributed by atoms with Gasteiger partial charge in [0.15, 0.2) is 0 Å². The predicted octanol–water partition coefficient (Wildman–Crippen LogP) is 1.59. The fourth-order valence-corrected chi connectivity index (χ4v) is 3.47. The standard InChI is InChI=1S/C14H21N3O/c1-9(15)13-3-2-6-16-14(13)17-10-4-5-11(17)8-12(18)7-10/h2-3,6,9-12,18H,4-5,7-8,15H2,1H3. The van der Waals surface area contributed by atoms with Crippen LogP contribution in [0.25, 0.3) is 0 Å². The number of aliphatic hydroxyl groups is 1. The summed E-state index contributed by atoms with van der Waals surface area (Å²) >= 11 is 0. The van der Waals surface area contributed by atoms with Gasteiger partial charge < -0.3 is 15.7 Å². The molecule has 0 aromatic carbocycles. The highest BCUT2D eigenvalue weighted by molar-refractivity contribution is 5.51. The van der Waals surface area contributed by atoms with Crippen molar-refractivity contribution in [1.82, 2.24) is 4.98 Å². The van der Waals surface area contributed by atoms with Crippen LogP contribution in [-0.4, -0.2) is 28.3 Å². The van der Waals surface area contributed by atoms with E-state index in [1.165, 1.54) is 0 Å². The largest absolute Gasteiger partial charge is 0.393 e. The van der Waals surface area contributed by atoms with Gasteiger partial charge in [-0.15, -0.1) is 0 Å². The van der Waals surface area contributed by atoms with E-state index >= 15 is 0 Å². The summed E-state index contributed by atoms with van der Waals surface area (Å²) < 4.78 is 0. The van der Waals surface area contributed by atoms with Gasteiger partial charge in [-0.3, -0.25) is 0 Å². The number of hydrogen-bond donors (Lipinski definition) is 2. The summed E-state index contributed by atoms with van der Waals surface area (Å²) in [4.78, 5) is 6.96. The van der Waals surface area contributed by atoms with Gasteiger partial charge in [-0.05, 0) is 38.7 Å². The van der Waals surface area contributed by atoms with Gasteiger partial charge in [0.25, 0.3) is 0 Å². The summed E-state index contributed by atoms with van der Waals surface area (Å²) in [6, 6.07) is 4.89. The molecule has 3 heterocycles. The molecule has 3 unspecified atom stereocenters. The van der Waals surface area contributed by atoms with Crippen molar-refractivity contribution in [3.8, 4) is 0 Å². The Labute approximate surface area is 108 Å². The third-order valence-electron chi connectivity index (χ3n) is 4.26. The van der Waals surface area contributed by atoms with Crippen LogP contribution in [-0.2, 0) is 0 Å². The van der Waals surface area contributed by atoms with E-state index in [1.807, 2.05) is 19.2 Å². The van der Waals surface area contributed by atoms with E-state index in [1.54, 1.807) is 0 Å². The second kappa shape index (κ2) is 4.52. The highest BCUT2D eigenvalue weighted by Gasteiger charge is 2.41. The van der Waals surface area contributed by atoms with Gasteiger partial charge in [-0.1, -0.05) is 6.07 Å². The zero-order valence-corrected chi connectivity index (χ0v) is 10.8. The summed E-state index contributed by atoms with van der Waals surface area (Å²) in [7, 11) is 0. The molecule has 98 valence electrons. The first-order chi connectivity index (χ1) is 8.66. The van der Waals surface area contributed by atoms with E-state index in [4.69, 9.17) is 5.73 Å². The Bertz CT molecular complexity index is 421. The Hall–Kier alpha value is -1.13. The zero-order valence-electron chi connectivity index (χ0n) is 10.8. The lowest BCUT2D eigenvalue weighted by Crippen LogP contribution is -2.45. The van der Waals surface area contributed by atoms with Gasteiger partial charge in [-0.25, -0.2) is 4.98 Å². The Morgan fingerprint density at radius 2 is 2.06 bits per heavy atom. The summed E-state index contributed by atoms with van der Waals surface area (Å²) in [5.74, 6) is 1.03. The van der Waals surface area contributed by atoms with Gasteiger partial charge in [-0.2, -0.15) is 0 Å². The van der Waals surface area contributed by atoms with E-state index in [2.05, 4.69) is 16.0 Å². The Balaban J connectivity index is 1.96. The van der Waals surface area contributed by atoms with Crippen molar-refractivity contribution in [2.45, 2.75) is 56.8 Å². The molecule has 3 atom stereocenters. The lowest BCUT2D eigenvalue weighted by Gasteiger charge is -2.39. The van der Waals surface area contributed by atoms with E-state index in [9.17, 15) is 5.11 Å². The number of hydrogen-bond acceptors (Lipinski definition) is 4. The summed E-state index contributed by atoms with van der Waals surface area (Å²) in [6.45, 7) is 2.00. The van der Waals surface area contributed by atoms with Gasteiger partial charge in [0.2, 0.25) is 0 Å². The van der Waals surface area contributed by atoms with E-state index in [-0.39, 0.29) is 12.1 Å². The first kappa shape index (κ1) is 11.9. The molecule has 0 spiro atoms. The van der Waals surface area contributed by atoms with E-state index in [0.29, 0.717) is 12.1 Å². The van der Waals surface area contributed by atoms with Gasteiger partial charge in [0.05, 0.1) is 6.10 Å². The molecule has 2 fully saturated rings. The monoisotopic (exact) mass is 247 g/mol. The number of nitrogens with two attached hydrogens (primary N) is 1. The molecule has 2 aliphatic rings. The highest BCUT2D eigenvalue weighted by Crippen LogP contribution is 2.40. The molecule has 4 nitrogen and oxygen atoms in total. The maximum atomic E-state index is 9.86. The quantitative estimate of drug-likeness (QED) is 0.833. The number of pyridine rings is 1. The number of anilines is 1. The number of fused-ring (bicyclic) bond motifs is 2. The van der Waals surface area contributed by atoms with Crippen LogP contribution in [0, 0.1) is 0 Å². The third kappa shape index (κ3) is 1.89. The average Bonchev–Trinajstić information content (AvgIpc) is 2.61.